The third-order valence-electron chi connectivity index (χ3n) is 7.67. The summed E-state index contributed by atoms with van der Waals surface area (Å²) in [5.74, 6) is 0.622. The van der Waals surface area contributed by atoms with Crippen molar-refractivity contribution in [1.82, 2.24) is 0 Å². The molecule has 1 aliphatic rings. The van der Waals surface area contributed by atoms with Gasteiger partial charge in [-0.15, -0.1) is 13.2 Å². The van der Waals surface area contributed by atoms with E-state index in [1.807, 2.05) is 12.2 Å². The Labute approximate surface area is 201 Å². The van der Waals surface area contributed by atoms with Gasteiger partial charge >= 0.3 is 0 Å². The third kappa shape index (κ3) is 6.68. The highest BCUT2D eigenvalue weighted by Gasteiger charge is 2.42. The molecule has 2 heteroatoms. The summed E-state index contributed by atoms with van der Waals surface area (Å²) in [7, 11) is 0. The molecule has 0 N–H and O–H groups in total. The van der Waals surface area contributed by atoms with Crippen molar-refractivity contribution in [1.29, 1.82) is 0 Å². The molecule has 33 heavy (non-hydrogen) atoms. The lowest BCUT2D eigenvalue weighted by molar-refractivity contribution is -0.0627. The average Bonchev–Trinajstić information content (AvgIpc) is 2.88. The van der Waals surface area contributed by atoms with Gasteiger partial charge in [0.2, 0.25) is 0 Å². The lowest BCUT2D eigenvalue weighted by Gasteiger charge is -2.44. The zero-order chi connectivity index (χ0) is 23.4. The van der Waals surface area contributed by atoms with E-state index in [1.54, 1.807) is 0 Å². The molecule has 0 saturated heterocycles. The fraction of sp³-hybridized carbons (Fsp3) is 0.484. The summed E-state index contributed by atoms with van der Waals surface area (Å²) < 4.78 is 12.4. The van der Waals surface area contributed by atoms with Gasteiger partial charge in [0.25, 0.3) is 0 Å². The Morgan fingerprint density at radius 2 is 1.24 bits per heavy atom. The molecule has 1 fully saturated rings. The molecule has 0 unspecified atom stereocenters. The minimum absolute atomic E-state index is 0.00272. The van der Waals surface area contributed by atoms with Crippen LogP contribution in [-0.2, 0) is 14.9 Å². The first-order chi connectivity index (χ1) is 16.1. The van der Waals surface area contributed by atoms with Crippen LogP contribution < -0.4 is 0 Å². The predicted molar refractivity (Wildman–Crippen MR) is 140 cm³/mol. The molecule has 1 saturated carbocycles. The summed E-state index contributed by atoms with van der Waals surface area (Å²) in [6, 6.07) is 21.9. The van der Waals surface area contributed by atoms with Gasteiger partial charge in [-0.2, -0.15) is 0 Å². The molecule has 3 rings (SSSR count). The minimum Gasteiger partial charge on any atom is -0.377 e. The summed E-state index contributed by atoms with van der Waals surface area (Å²) in [5.41, 5.74) is 2.66. The van der Waals surface area contributed by atoms with Crippen LogP contribution in [0, 0.1) is 11.3 Å². The molecule has 0 aliphatic heterocycles. The van der Waals surface area contributed by atoms with E-state index in [4.69, 9.17) is 9.47 Å². The third-order valence-corrected chi connectivity index (χ3v) is 7.67. The molecular weight excluding hydrogens is 404 g/mol. The Kier molecular flexibility index (Phi) is 9.96. The van der Waals surface area contributed by atoms with E-state index >= 15 is 0 Å². The monoisotopic (exact) mass is 446 g/mol. The van der Waals surface area contributed by atoms with Crippen LogP contribution in [0.1, 0.15) is 63.0 Å². The SMILES string of the molecule is C=CCOCC(CCC(C)(c1ccccc1)c1ccccc1)(COCC=C)C1CCCCC1. The highest BCUT2D eigenvalue weighted by molar-refractivity contribution is 5.38. The zero-order valence-corrected chi connectivity index (χ0v) is 20.5. The Bertz CT molecular complexity index is 767. The Morgan fingerprint density at radius 1 is 0.758 bits per heavy atom. The van der Waals surface area contributed by atoms with Gasteiger partial charge in [0.1, 0.15) is 0 Å². The van der Waals surface area contributed by atoms with Gasteiger partial charge in [-0.3, -0.25) is 0 Å². The normalized spacial score (nSPS) is 15.3. The standard InChI is InChI=1S/C31H42O2/c1-4-23-32-25-31(26-33-24-5-2,29-19-13-8-14-20-29)22-21-30(3,27-15-9-6-10-16-27)28-17-11-7-12-18-28/h4-7,9-12,15-18,29H,1-2,8,13-14,19-26H2,3H3. The van der Waals surface area contributed by atoms with Gasteiger partial charge < -0.3 is 9.47 Å². The maximum Gasteiger partial charge on any atom is 0.0645 e. The molecule has 2 aromatic rings. The van der Waals surface area contributed by atoms with E-state index in [9.17, 15) is 0 Å². The van der Waals surface area contributed by atoms with Crippen LogP contribution in [0.25, 0.3) is 0 Å². The van der Waals surface area contributed by atoms with Crippen molar-refractivity contribution in [3.63, 3.8) is 0 Å². The van der Waals surface area contributed by atoms with Crippen LogP contribution in [-0.4, -0.2) is 26.4 Å². The van der Waals surface area contributed by atoms with Crippen molar-refractivity contribution in [2.24, 2.45) is 11.3 Å². The van der Waals surface area contributed by atoms with Crippen molar-refractivity contribution in [3.8, 4) is 0 Å². The molecule has 2 nitrogen and oxygen atoms in total. The van der Waals surface area contributed by atoms with Gasteiger partial charge in [-0.05, 0) is 42.7 Å². The van der Waals surface area contributed by atoms with Gasteiger partial charge in [0, 0.05) is 10.8 Å². The number of rotatable bonds is 14. The highest BCUT2D eigenvalue weighted by atomic mass is 16.5. The number of hydrogen-bond acceptors (Lipinski definition) is 2. The molecule has 2 aromatic carbocycles. The summed E-state index contributed by atoms with van der Waals surface area (Å²) in [5, 5.41) is 0. The zero-order valence-electron chi connectivity index (χ0n) is 20.5. The molecule has 0 atom stereocenters. The van der Waals surface area contributed by atoms with Crippen molar-refractivity contribution < 1.29 is 9.47 Å². The van der Waals surface area contributed by atoms with Crippen LogP contribution >= 0.6 is 0 Å². The molecule has 0 aromatic heterocycles. The number of hydrogen-bond donors (Lipinski definition) is 0. The minimum atomic E-state index is -0.0701. The first-order valence-corrected chi connectivity index (χ1v) is 12.6. The predicted octanol–water partition coefficient (Wildman–Crippen LogP) is 7.74. The topological polar surface area (TPSA) is 18.5 Å². The van der Waals surface area contributed by atoms with Crippen molar-refractivity contribution in [2.45, 2.75) is 57.3 Å². The second-order valence-electron chi connectivity index (χ2n) is 9.87. The molecule has 178 valence electrons. The van der Waals surface area contributed by atoms with E-state index in [-0.39, 0.29) is 10.8 Å². The summed E-state index contributed by atoms with van der Waals surface area (Å²) in [6.07, 6.45) is 12.3. The lowest BCUT2D eigenvalue weighted by atomic mass is 9.63. The van der Waals surface area contributed by atoms with Gasteiger partial charge in [0.15, 0.2) is 0 Å². The van der Waals surface area contributed by atoms with Gasteiger partial charge in [-0.25, -0.2) is 0 Å². The second kappa shape index (κ2) is 12.9. The first kappa shape index (κ1) is 25.5. The largest absolute Gasteiger partial charge is 0.377 e. The molecule has 0 spiro atoms. The quantitative estimate of drug-likeness (QED) is 0.218. The fourth-order valence-electron chi connectivity index (χ4n) is 5.60. The number of benzene rings is 2. The van der Waals surface area contributed by atoms with E-state index in [2.05, 4.69) is 80.7 Å². The van der Waals surface area contributed by atoms with Gasteiger partial charge in [-0.1, -0.05) is 99.0 Å². The van der Waals surface area contributed by atoms with Crippen molar-refractivity contribution in [2.75, 3.05) is 26.4 Å². The van der Waals surface area contributed by atoms with Crippen LogP contribution in [0.2, 0.25) is 0 Å². The Morgan fingerprint density at radius 3 is 1.70 bits per heavy atom. The maximum atomic E-state index is 6.19. The molecule has 0 heterocycles. The summed E-state index contributed by atoms with van der Waals surface area (Å²) in [4.78, 5) is 0. The van der Waals surface area contributed by atoms with Crippen LogP contribution in [0.5, 0.6) is 0 Å². The van der Waals surface area contributed by atoms with Gasteiger partial charge in [0.05, 0.1) is 26.4 Å². The summed E-state index contributed by atoms with van der Waals surface area (Å²) >= 11 is 0. The Hall–Kier alpha value is -2.16. The van der Waals surface area contributed by atoms with E-state index < -0.39 is 0 Å². The molecule has 0 bridgehead atoms. The summed E-state index contributed by atoms with van der Waals surface area (Å²) in [6.45, 7) is 12.7. The van der Waals surface area contributed by atoms with Crippen LogP contribution in [0.3, 0.4) is 0 Å². The fourth-order valence-corrected chi connectivity index (χ4v) is 5.60. The Balaban J connectivity index is 1.94. The smallest absolute Gasteiger partial charge is 0.0645 e. The number of ether oxygens (including phenoxy) is 2. The maximum absolute atomic E-state index is 6.19. The molecule has 0 radical (unpaired) electrons. The first-order valence-electron chi connectivity index (χ1n) is 12.6. The molecule has 0 amide bonds. The lowest BCUT2D eigenvalue weighted by Crippen LogP contribution is -2.42. The van der Waals surface area contributed by atoms with Crippen molar-refractivity contribution >= 4 is 0 Å². The average molecular weight is 447 g/mol. The molecule has 1 aliphatic carbocycles. The highest BCUT2D eigenvalue weighted by Crippen LogP contribution is 2.46. The van der Waals surface area contributed by atoms with Crippen LogP contribution in [0.15, 0.2) is 86.0 Å². The van der Waals surface area contributed by atoms with E-state index in [0.29, 0.717) is 19.1 Å². The van der Waals surface area contributed by atoms with E-state index in [0.717, 1.165) is 26.1 Å². The van der Waals surface area contributed by atoms with Crippen LogP contribution in [0.4, 0.5) is 0 Å². The molecular formula is C31H42O2. The van der Waals surface area contributed by atoms with Crippen molar-refractivity contribution in [3.05, 3.63) is 97.1 Å². The second-order valence-corrected chi connectivity index (χ2v) is 9.87. The van der Waals surface area contributed by atoms with E-state index in [1.165, 1.54) is 43.2 Å².